The molecule has 214 valence electrons. The van der Waals surface area contributed by atoms with Crippen LogP contribution in [0, 0.1) is 24.2 Å². The summed E-state index contributed by atoms with van der Waals surface area (Å²) in [5.41, 5.74) is 2.93. The number of aromatic nitrogens is 1. The first-order chi connectivity index (χ1) is 20.1. The third-order valence-electron chi connectivity index (χ3n) is 7.37. The average molecular weight is 564 g/mol. The van der Waals surface area contributed by atoms with Crippen LogP contribution in [-0.4, -0.2) is 50.0 Å². The Hall–Kier alpha value is -4.91. The zero-order chi connectivity index (χ0) is 29.6. The quantitative estimate of drug-likeness (QED) is 0.467. The third kappa shape index (κ3) is 5.26. The number of rotatable bonds is 4. The van der Waals surface area contributed by atoms with Gasteiger partial charge in [-0.2, -0.15) is 10.3 Å². The minimum absolute atomic E-state index is 0.00463. The number of hydrogen-bond acceptors (Lipinski definition) is 7. The normalized spacial score (nSPS) is 18.0. The number of hydrogen-bond donors (Lipinski definition) is 1. The van der Waals surface area contributed by atoms with Crippen molar-refractivity contribution in [3.63, 3.8) is 0 Å². The van der Waals surface area contributed by atoms with E-state index < -0.39 is 17.9 Å². The number of aryl methyl sites for hydroxylation is 1. The number of nitrogens with one attached hydrogen (secondary N) is 1. The van der Waals surface area contributed by atoms with Crippen molar-refractivity contribution in [2.45, 2.75) is 65.3 Å². The Morgan fingerprint density at radius 1 is 1.14 bits per heavy atom. The van der Waals surface area contributed by atoms with Gasteiger partial charge < -0.3 is 10.1 Å². The van der Waals surface area contributed by atoms with Crippen molar-refractivity contribution >= 4 is 34.7 Å². The van der Waals surface area contributed by atoms with E-state index in [2.05, 4.69) is 11.4 Å². The zero-order valence-corrected chi connectivity index (χ0v) is 24.2. The number of hydrazone groups is 1. The van der Waals surface area contributed by atoms with Crippen LogP contribution in [-0.2, 0) is 16.1 Å². The highest BCUT2D eigenvalue weighted by molar-refractivity contribution is 6.13. The van der Waals surface area contributed by atoms with E-state index in [-0.39, 0.29) is 18.4 Å². The van der Waals surface area contributed by atoms with Gasteiger partial charge >= 0.3 is 6.09 Å². The Morgan fingerprint density at radius 3 is 2.60 bits per heavy atom. The van der Waals surface area contributed by atoms with Crippen LogP contribution >= 0.6 is 0 Å². The first-order valence-electron chi connectivity index (χ1n) is 14.2. The summed E-state index contributed by atoms with van der Waals surface area (Å²) in [7, 11) is 0. The van der Waals surface area contributed by atoms with Crippen molar-refractivity contribution in [2.75, 3.05) is 0 Å². The van der Waals surface area contributed by atoms with Crippen LogP contribution in [0.25, 0.3) is 10.9 Å². The van der Waals surface area contributed by atoms with Gasteiger partial charge in [0.05, 0.1) is 23.7 Å². The van der Waals surface area contributed by atoms with Gasteiger partial charge in [-0.05, 0) is 64.3 Å². The predicted octanol–water partition coefficient (Wildman–Crippen LogP) is 5.23. The van der Waals surface area contributed by atoms with Crippen molar-refractivity contribution in [1.82, 2.24) is 19.8 Å². The zero-order valence-electron chi connectivity index (χ0n) is 24.2. The average Bonchev–Trinajstić information content (AvgIpc) is 3.65. The first kappa shape index (κ1) is 27.3. The topological polar surface area (TPSA) is 115 Å². The second kappa shape index (κ2) is 10.5. The van der Waals surface area contributed by atoms with Crippen LogP contribution in [0.15, 0.2) is 76.5 Å². The summed E-state index contributed by atoms with van der Waals surface area (Å²) in [6, 6.07) is 19.4. The summed E-state index contributed by atoms with van der Waals surface area (Å²) in [5.74, 6) is 0.731. The van der Waals surface area contributed by atoms with Crippen molar-refractivity contribution in [3.8, 4) is 6.07 Å². The maximum absolute atomic E-state index is 13.8. The summed E-state index contributed by atoms with van der Waals surface area (Å²) in [4.78, 5) is 33.1. The standard InChI is InChI=1S/C32H33N7O3/c1-20-17-24-23(18-33)11-8-12-25(24)38(20)30-35-28(26-15-16-27(39(26)36-30)34-29(40)22-13-14-22)37(31(41)42-32(2,3)4)19-21-9-6-5-7-10-21/h5-12,15,17,22,27H,13-14,16,19H2,1-4H3,(H,34,40). The fraction of sp³-hybridized carbons (Fsp3) is 0.344. The number of carbonyl (C=O) groups excluding carboxylic acids is 2. The molecule has 0 spiro atoms. The van der Waals surface area contributed by atoms with Crippen molar-refractivity contribution in [2.24, 2.45) is 16.0 Å². The SMILES string of the molecule is Cc1cc2c(C#N)cccc2n1C1=NN2C(=CCC2NC(=O)C2CC2)C(N(Cc2ccccc2)C(=O)OC(C)(C)C)=N1. The van der Waals surface area contributed by atoms with E-state index in [1.807, 2.05) is 86.9 Å². The van der Waals surface area contributed by atoms with Crippen LogP contribution < -0.4 is 5.32 Å². The van der Waals surface area contributed by atoms with Gasteiger partial charge in [0.15, 0.2) is 5.84 Å². The molecule has 6 rings (SSSR count). The molecule has 1 unspecified atom stereocenters. The molecule has 1 aromatic heterocycles. The lowest BCUT2D eigenvalue weighted by molar-refractivity contribution is -0.123. The van der Waals surface area contributed by atoms with Crippen LogP contribution in [0.3, 0.4) is 0 Å². The molecular formula is C32H33N7O3. The highest BCUT2D eigenvalue weighted by Gasteiger charge is 2.41. The van der Waals surface area contributed by atoms with Gasteiger partial charge in [-0.3, -0.25) is 14.3 Å². The van der Waals surface area contributed by atoms with Gasteiger partial charge in [0.25, 0.3) is 5.96 Å². The number of nitriles is 1. The summed E-state index contributed by atoms with van der Waals surface area (Å²) >= 11 is 0. The lowest BCUT2D eigenvalue weighted by Crippen LogP contribution is -2.49. The van der Waals surface area contributed by atoms with Gasteiger partial charge in [-0.1, -0.05) is 42.5 Å². The number of amidine groups is 1. The Balaban J connectivity index is 1.49. The van der Waals surface area contributed by atoms with Gasteiger partial charge in [-0.25, -0.2) is 9.80 Å². The summed E-state index contributed by atoms with van der Waals surface area (Å²) in [5, 5.41) is 20.3. The number of aliphatic imine (C=N–C) groups is 1. The maximum Gasteiger partial charge on any atom is 0.416 e. The number of amides is 2. The molecule has 3 aliphatic rings. The number of nitrogens with zero attached hydrogens (tertiary/aromatic N) is 6. The molecular weight excluding hydrogens is 530 g/mol. The summed E-state index contributed by atoms with van der Waals surface area (Å²) in [6.45, 7) is 7.63. The van der Waals surface area contributed by atoms with Gasteiger partial charge in [0, 0.05) is 23.4 Å². The maximum atomic E-state index is 13.8. The fourth-order valence-electron chi connectivity index (χ4n) is 5.25. The smallest absolute Gasteiger partial charge is 0.416 e. The van der Waals surface area contributed by atoms with Crippen molar-refractivity contribution < 1.29 is 14.3 Å². The second-order valence-corrected chi connectivity index (χ2v) is 11.8. The molecule has 1 N–H and O–H groups in total. The van der Waals surface area contributed by atoms with Crippen LogP contribution in [0.1, 0.15) is 56.9 Å². The number of carbonyl (C=O) groups is 2. The largest absolute Gasteiger partial charge is 0.443 e. The molecule has 3 heterocycles. The highest BCUT2D eigenvalue weighted by atomic mass is 16.6. The molecule has 2 amide bonds. The van der Waals surface area contributed by atoms with E-state index in [4.69, 9.17) is 14.8 Å². The van der Waals surface area contributed by atoms with Crippen molar-refractivity contribution in [1.29, 1.82) is 5.26 Å². The predicted molar refractivity (Wildman–Crippen MR) is 159 cm³/mol. The molecule has 0 radical (unpaired) electrons. The Labute approximate surface area is 244 Å². The van der Waals surface area contributed by atoms with Gasteiger partial charge in [-0.15, -0.1) is 5.10 Å². The second-order valence-electron chi connectivity index (χ2n) is 11.8. The number of fused-ring (bicyclic) bond motifs is 2. The lowest BCUT2D eigenvalue weighted by Gasteiger charge is -2.34. The highest BCUT2D eigenvalue weighted by Crippen LogP contribution is 2.33. The lowest BCUT2D eigenvalue weighted by atomic mass is 10.1. The van der Waals surface area contributed by atoms with Crippen LogP contribution in [0.5, 0.6) is 0 Å². The molecule has 1 saturated carbocycles. The molecule has 0 bridgehead atoms. The van der Waals surface area contributed by atoms with Crippen LogP contribution in [0.2, 0.25) is 0 Å². The minimum Gasteiger partial charge on any atom is -0.443 e. The van der Waals surface area contributed by atoms with E-state index in [1.54, 1.807) is 11.1 Å². The summed E-state index contributed by atoms with van der Waals surface area (Å²) in [6.07, 6.45) is 3.26. The molecule has 42 heavy (non-hydrogen) atoms. The Morgan fingerprint density at radius 2 is 1.90 bits per heavy atom. The number of benzene rings is 2. The molecule has 10 heteroatoms. The molecule has 0 saturated heterocycles. The third-order valence-corrected chi connectivity index (χ3v) is 7.37. The van der Waals surface area contributed by atoms with Gasteiger partial charge in [0.2, 0.25) is 5.91 Å². The molecule has 2 aliphatic heterocycles. The number of ether oxygens (including phenoxy) is 1. The Bertz CT molecular complexity index is 1700. The molecule has 3 aromatic rings. The van der Waals surface area contributed by atoms with Gasteiger partial charge in [0.1, 0.15) is 17.5 Å². The molecule has 2 aromatic carbocycles. The van der Waals surface area contributed by atoms with E-state index >= 15 is 0 Å². The molecule has 10 nitrogen and oxygen atoms in total. The van der Waals surface area contributed by atoms with E-state index in [1.165, 1.54) is 4.90 Å². The van der Waals surface area contributed by atoms with E-state index in [9.17, 15) is 14.9 Å². The van der Waals surface area contributed by atoms with Crippen molar-refractivity contribution in [3.05, 3.63) is 83.2 Å². The fourth-order valence-corrected chi connectivity index (χ4v) is 5.25. The summed E-state index contributed by atoms with van der Waals surface area (Å²) < 4.78 is 7.74. The van der Waals surface area contributed by atoms with E-state index in [0.29, 0.717) is 29.5 Å². The molecule has 1 fully saturated rings. The first-order valence-corrected chi connectivity index (χ1v) is 14.2. The van der Waals surface area contributed by atoms with Crippen LogP contribution in [0.4, 0.5) is 4.79 Å². The molecule has 1 aliphatic carbocycles. The molecule has 1 atom stereocenters. The van der Waals surface area contributed by atoms with E-state index in [0.717, 1.165) is 35.0 Å². The monoisotopic (exact) mass is 563 g/mol. The Kier molecular flexibility index (Phi) is 6.81. The minimum atomic E-state index is -0.733.